The van der Waals surface area contributed by atoms with Gasteiger partial charge in [-0.3, -0.25) is 9.69 Å². The van der Waals surface area contributed by atoms with Crippen molar-refractivity contribution in [2.24, 2.45) is 0 Å². The number of fused-ring (bicyclic) bond motifs is 1. The van der Waals surface area contributed by atoms with E-state index in [0.29, 0.717) is 48.0 Å². The maximum atomic E-state index is 13.0. The number of benzene rings is 2. The standard InChI is InChI=1S/C22H24N4O3/c1-28-16-3-5-20-15(10-16)12-21(25-20)22(27)14-2-4-18(23)17(11-14)19(24)13-26-6-8-29-9-7-26/h2-5,10-12,24-25H,6-9,13,23H2,1H3. The van der Waals surface area contributed by atoms with Crippen LogP contribution in [0.5, 0.6) is 5.75 Å². The zero-order chi connectivity index (χ0) is 20.4. The maximum Gasteiger partial charge on any atom is 0.209 e. The average molecular weight is 392 g/mol. The van der Waals surface area contributed by atoms with Gasteiger partial charge in [0.15, 0.2) is 0 Å². The molecular weight excluding hydrogens is 368 g/mol. The van der Waals surface area contributed by atoms with E-state index in [0.717, 1.165) is 29.7 Å². The molecule has 1 aromatic heterocycles. The summed E-state index contributed by atoms with van der Waals surface area (Å²) in [5.41, 5.74) is 9.47. The van der Waals surface area contributed by atoms with Gasteiger partial charge in [0.1, 0.15) is 5.75 Å². The highest BCUT2D eigenvalue weighted by atomic mass is 16.5. The third-order valence-corrected chi connectivity index (χ3v) is 5.20. The number of hydrogen-bond acceptors (Lipinski definition) is 6. The van der Waals surface area contributed by atoms with Crippen molar-refractivity contribution < 1.29 is 14.3 Å². The summed E-state index contributed by atoms with van der Waals surface area (Å²) in [5, 5.41) is 9.39. The molecule has 7 nitrogen and oxygen atoms in total. The van der Waals surface area contributed by atoms with Crippen molar-refractivity contribution in [2.45, 2.75) is 0 Å². The second kappa shape index (κ2) is 8.06. The van der Waals surface area contributed by atoms with Crippen molar-refractivity contribution in [3.05, 3.63) is 59.3 Å². The van der Waals surface area contributed by atoms with Crippen LogP contribution in [-0.4, -0.2) is 61.3 Å². The molecule has 0 spiro atoms. The van der Waals surface area contributed by atoms with Crippen LogP contribution in [0.1, 0.15) is 21.6 Å². The highest BCUT2D eigenvalue weighted by Crippen LogP contribution is 2.24. The number of carbonyl (C=O) groups is 1. The summed E-state index contributed by atoms with van der Waals surface area (Å²) in [6.45, 7) is 3.41. The lowest BCUT2D eigenvalue weighted by Gasteiger charge is -2.27. The summed E-state index contributed by atoms with van der Waals surface area (Å²) in [4.78, 5) is 18.4. The number of rotatable bonds is 6. The SMILES string of the molecule is COc1ccc2[nH]c(C(=O)c3ccc(N)c(C(=N)CN4CCOCC4)c3)cc2c1. The molecule has 0 saturated carbocycles. The van der Waals surface area contributed by atoms with Crippen molar-refractivity contribution >= 4 is 28.1 Å². The van der Waals surface area contributed by atoms with Gasteiger partial charge in [-0.1, -0.05) is 0 Å². The molecule has 2 aromatic carbocycles. The van der Waals surface area contributed by atoms with Gasteiger partial charge in [-0.25, -0.2) is 0 Å². The highest BCUT2D eigenvalue weighted by molar-refractivity contribution is 6.12. The van der Waals surface area contributed by atoms with Gasteiger partial charge in [0, 0.05) is 47.4 Å². The molecule has 0 radical (unpaired) electrons. The molecule has 29 heavy (non-hydrogen) atoms. The zero-order valence-electron chi connectivity index (χ0n) is 16.3. The van der Waals surface area contributed by atoms with Gasteiger partial charge in [0.2, 0.25) is 5.78 Å². The van der Waals surface area contributed by atoms with E-state index in [2.05, 4.69) is 9.88 Å². The Bertz CT molecular complexity index is 1070. The Kier molecular flexibility index (Phi) is 5.33. The molecule has 1 saturated heterocycles. The van der Waals surface area contributed by atoms with Crippen LogP contribution in [0.2, 0.25) is 0 Å². The number of aromatic amines is 1. The Morgan fingerprint density at radius 1 is 1.21 bits per heavy atom. The lowest BCUT2D eigenvalue weighted by atomic mass is 10.0. The van der Waals surface area contributed by atoms with E-state index in [1.54, 1.807) is 25.3 Å². The second-order valence-electron chi connectivity index (χ2n) is 7.13. The number of aromatic nitrogens is 1. The number of nitrogens with two attached hydrogens (primary N) is 1. The van der Waals surface area contributed by atoms with Crippen LogP contribution >= 0.6 is 0 Å². The van der Waals surface area contributed by atoms with Gasteiger partial charge >= 0.3 is 0 Å². The summed E-state index contributed by atoms with van der Waals surface area (Å²) >= 11 is 0. The van der Waals surface area contributed by atoms with Crippen LogP contribution < -0.4 is 10.5 Å². The van der Waals surface area contributed by atoms with Crippen LogP contribution in [-0.2, 0) is 4.74 Å². The molecule has 2 heterocycles. The topological polar surface area (TPSA) is 104 Å². The second-order valence-corrected chi connectivity index (χ2v) is 7.13. The average Bonchev–Trinajstić information content (AvgIpc) is 3.17. The van der Waals surface area contributed by atoms with E-state index >= 15 is 0 Å². The number of methoxy groups -OCH3 is 1. The van der Waals surface area contributed by atoms with E-state index in [1.807, 2.05) is 24.3 Å². The predicted molar refractivity (Wildman–Crippen MR) is 113 cm³/mol. The quantitative estimate of drug-likeness (QED) is 0.340. The van der Waals surface area contributed by atoms with E-state index in [4.69, 9.17) is 20.6 Å². The smallest absolute Gasteiger partial charge is 0.209 e. The maximum absolute atomic E-state index is 13.0. The first kappa shape index (κ1) is 19.2. The predicted octanol–water partition coefficient (Wildman–Crippen LogP) is 2.69. The van der Waals surface area contributed by atoms with Gasteiger partial charge in [0.05, 0.1) is 31.7 Å². The minimum absolute atomic E-state index is 0.138. The van der Waals surface area contributed by atoms with E-state index in [1.165, 1.54) is 0 Å². The minimum Gasteiger partial charge on any atom is -0.497 e. The van der Waals surface area contributed by atoms with Crippen LogP contribution in [0.4, 0.5) is 5.69 Å². The molecule has 4 rings (SSSR count). The number of H-pyrrole nitrogens is 1. The first-order valence-corrected chi connectivity index (χ1v) is 9.54. The third-order valence-electron chi connectivity index (χ3n) is 5.20. The molecule has 0 bridgehead atoms. The fourth-order valence-corrected chi connectivity index (χ4v) is 3.54. The van der Waals surface area contributed by atoms with Gasteiger partial charge in [-0.2, -0.15) is 0 Å². The molecule has 4 N–H and O–H groups in total. The highest BCUT2D eigenvalue weighted by Gasteiger charge is 2.18. The fraction of sp³-hybridized carbons (Fsp3) is 0.273. The normalized spacial score (nSPS) is 14.8. The molecule has 0 aliphatic carbocycles. The molecule has 1 fully saturated rings. The summed E-state index contributed by atoms with van der Waals surface area (Å²) in [5.74, 6) is 0.599. The minimum atomic E-state index is -0.138. The molecule has 0 unspecified atom stereocenters. The van der Waals surface area contributed by atoms with Crippen molar-refractivity contribution in [1.82, 2.24) is 9.88 Å². The lowest BCUT2D eigenvalue weighted by Crippen LogP contribution is -2.39. The number of nitrogens with zero attached hydrogens (tertiary/aromatic N) is 1. The molecule has 0 atom stereocenters. The van der Waals surface area contributed by atoms with Gasteiger partial charge in [-0.15, -0.1) is 0 Å². The van der Waals surface area contributed by atoms with Crippen molar-refractivity contribution in [3.8, 4) is 5.75 Å². The monoisotopic (exact) mass is 392 g/mol. The van der Waals surface area contributed by atoms with E-state index in [9.17, 15) is 4.79 Å². The van der Waals surface area contributed by atoms with Crippen LogP contribution in [0, 0.1) is 5.41 Å². The fourth-order valence-electron chi connectivity index (χ4n) is 3.54. The summed E-state index contributed by atoms with van der Waals surface area (Å²) < 4.78 is 10.6. The van der Waals surface area contributed by atoms with Gasteiger partial charge in [0.25, 0.3) is 0 Å². The molecular formula is C22H24N4O3. The summed E-state index contributed by atoms with van der Waals surface area (Å²) in [6.07, 6.45) is 0. The first-order chi connectivity index (χ1) is 14.0. The number of ether oxygens (including phenoxy) is 2. The number of anilines is 1. The Balaban J connectivity index is 1.59. The molecule has 1 aliphatic rings. The molecule has 3 aromatic rings. The van der Waals surface area contributed by atoms with Crippen molar-refractivity contribution in [1.29, 1.82) is 5.41 Å². The Morgan fingerprint density at radius 3 is 2.76 bits per heavy atom. The van der Waals surface area contributed by atoms with Crippen molar-refractivity contribution in [3.63, 3.8) is 0 Å². The first-order valence-electron chi connectivity index (χ1n) is 9.54. The number of nitrogen functional groups attached to an aromatic ring is 1. The Hall–Kier alpha value is -3.16. The number of carbonyl (C=O) groups excluding carboxylic acids is 1. The molecule has 7 heteroatoms. The van der Waals surface area contributed by atoms with E-state index in [-0.39, 0.29) is 5.78 Å². The zero-order valence-corrected chi connectivity index (χ0v) is 16.3. The molecule has 150 valence electrons. The summed E-state index contributed by atoms with van der Waals surface area (Å²) in [6, 6.07) is 12.5. The Labute approximate surface area is 168 Å². The van der Waals surface area contributed by atoms with Crippen LogP contribution in [0.25, 0.3) is 10.9 Å². The van der Waals surface area contributed by atoms with Gasteiger partial charge in [-0.05, 0) is 42.5 Å². The summed E-state index contributed by atoms with van der Waals surface area (Å²) in [7, 11) is 1.61. The third kappa shape index (κ3) is 4.01. The lowest BCUT2D eigenvalue weighted by molar-refractivity contribution is 0.0453. The number of nitrogens with one attached hydrogen (secondary N) is 2. The van der Waals surface area contributed by atoms with E-state index < -0.39 is 0 Å². The van der Waals surface area contributed by atoms with Gasteiger partial charge < -0.3 is 25.6 Å². The van der Waals surface area contributed by atoms with Crippen LogP contribution in [0.15, 0.2) is 42.5 Å². The number of hydrogen-bond donors (Lipinski definition) is 3. The number of morpholine rings is 1. The Morgan fingerprint density at radius 2 is 2.00 bits per heavy atom. The molecule has 1 aliphatic heterocycles. The van der Waals surface area contributed by atoms with Crippen molar-refractivity contribution in [2.75, 3.05) is 45.7 Å². The van der Waals surface area contributed by atoms with Crippen LogP contribution in [0.3, 0.4) is 0 Å². The largest absolute Gasteiger partial charge is 0.497 e. The number of ketones is 1. The molecule has 0 amide bonds.